The lowest BCUT2D eigenvalue weighted by atomic mass is 9.92. The van der Waals surface area contributed by atoms with Crippen LogP contribution in [0.15, 0.2) is 42.5 Å². The van der Waals surface area contributed by atoms with E-state index in [1.54, 1.807) is 7.11 Å². The van der Waals surface area contributed by atoms with Gasteiger partial charge in [0.1, 0.15) is 12.0 Å². The first-order valence-electron chi connectivity index (χ1n) is 7.25. The molecule has 1 aliphatic carbocycles. The number of ether oxygens (including phenoxy) is 1. The van der Waals surface area contributed by atoms with E-state index in [0.717, 1.165) is 36.1 Å². The molecular weight excluding hydrogens is 262 g/mol. The third-order valence-electron chi connectivity index (χ3n) is 4.06. The van der Waals surface area contributed by atoms with Crippen LogP contribution in [-0.2, 0) is 17.6 Å². The average Bonchev–Trinajstić information content (AvgIpc) is 2.96. The summed E-state index contributed by atoms with van der Waals surface area (Å²) in [5, 5.41) is 0. The van der Waals surface area contributed by atoms with E-state index >= 15 is 0 Å². The maximum atomic E-state index is 11.1. The zero-order chi connectivity index (χ0) is 14.7. The minimum absolute atomic E-state index is 0.0178. The van der Waals surface area contributed by atoms with Gasteiger partial charge >= 0.3 is 0 Å². The van der Waals surface area contributed by atoms with Crippen LogP contribution in [0.4, 0.5) is 0 Å². The standard InChI is InChI=1S/C18H19NO2/c1-21-18-9-5-3-7-15(18)14(10-11-20)17-12-13-6-2-4-8-16(13)19-17/h2-5,7,9,11-12,14,19H,6,8,10H2,1H3/t14-/m0/s1. The minimum Gasteiger partial charge on any atom is -0.496 e. The lowest BCUT2D eigenvalue weighted by Gasteiger charge is -2.16. The molecule has 1 aromatic heterocycles. The minimum atomic E-state index is 0.0178. The fourth-order valence-electron chi connectivity index (χ4n) is 3.00. The van der Waals surface area contributed by atoms with Gasteiger partial charge in [-0.1, -0.05) is 30.4 Å². The molecule has 1 N–H and O–H groups in total. The topological polar surface area (TPSA) is 42.1 Å². The Bertz CT molecular complexity index is 644. The van der Waals surface area contributed by atoms with E-state index in [9.17, 15) is 4.79 Å². The molecule has 1 atom stereocenters. The Labute approximate surface area is 124 Å². The summed E-state index contributed by atoms with van der Waals surface area (Å²) in [5.74, 6) is 0.847. The number of aromatic nitrogens is 1. The number of nitrogens with one attached hydrogen (secondary N) is 1. The van der Waals surface area contributed by atoms with Crippen LogP contribution in [0.1, 0.15) is 34.9 Å². The smallest absolute Gasteiger partial charge is 0.122 e. The fourth-order valence-corrected chi connectivity index (χ4v) is 3.00. The molecule has 0 radical (unpaired) electrons. The highest BCUT2D eigenvalue weighted by atomic mass is 16.5. The molecule has 0 spiro atoms. The molecule has 1 aromatic carbocycles. The number of para-hydroxylation sites is 1. The van der Waals surface area contributed by atoms with Gasteiger partial charge in [-0.05, 0) is 24.1 Å². The van der Waals surface area contributed by atoms with Crippen LogP contribution in [0.2, 0.25) is 0 Å². The molecule has 108 valence electrons. The lowest BCUT2D eigenvalue weighted by molar-refractivity contribution is -0.108. The van der Waals surface area contributed by atoms with E-state index in [-0.39, 0.29) is 5.92 Å². The van der Waals surface area contributed by atoms with Crippen molar-refractivity contribution in [3.63, 3.8) is 0 Å². The molecular formula is C18H19NO2. The largest absolute Gasteiger partial charge is 0.496 e. The van der Waals surface area contributed by atoms with E-state index in [1.165, 1.54) is 11.3 Å². The maximum absolute atomic E-state index is 11.1. The van der Waals surface area contributed by atoms with Gasteiger partial charge in [0.15, 0.2) is 0 Å². The Hall–Kier alpha value is -2.29. The predicted octanol–water partition coefficient (Wildman–Crippen LogP) is 3.40. The fraction of sp³-hybridized carbons (Fsp3) is 0.278. The number of benzene rings is 1. The van der Waals surface area contributed by atoms with Gasteiger partial charge in [-0.3, -0.25) is 0 Å². The summed E-state index contributed by atoms with van der Waals surface area (Å²) in [6, 6.07) is 10.1. The van der Waals surface area contributed by atoms with Crippen LogP contribution in [0.3, 0.4) is 0 Å². The quantitative estimate of drug-likeness (QED) is 0.674. The second-order valence-corrected chi connectivity index (χ2v) is 5.31. The number of carbonyl (C=O) groups is 1. The van der Waals surface area contributed by atoms with Crippen molar-refractivity contribution in [3.05, 3.63) is 65.0 Å². The van der Waals surface area contributed by atoms with E-state index in [1.807, 2.05) is 24.3 Å². The molecule has 21 heavy (non-hydrogen) atoms. The third kappa shape index (κ3) is 2.64. The molecule has 2 aromatic rings. The lowest BCUT2D eigenvalue weighted by Crippen LogP contribution is -2.05. The Kier molecular flexibility index (Phi) is 3.91. The van der Waals surface area contributed by atoms with Gasteiger partial charge in [0.2, 0.25) is 0 Å². The van der Waals surface area contributed by atoms with Gasteiger partial charge in [0.05, 0.1) is 7.11 Å². The van der Waals surface area contributed by atoms with Crippen molar-refractivity contribution in [1.29, 1.82) is 0 Å². The SMILES string of the molecule is COc1ccccc1[C@H](CC=O)c1cc2c([nH]1)CC=CC2. The van der Waals surface area contributed by atoms with Crippen LogP contribution in [-0.4, -0.2) is 18.4 Å². The van der Waals surface area contributed by atoms with Crippen molar-refractivity contribution in [2.75, 3.05) is 7.11 Å². The van der Waals surface area contributed by atoms with Gasteiger partial charge in [-0.2, -0.15) is 0 Å². The number of hydrogen-bond donors (Lipinski definition) is 1. The summed E-state index contributed by atoms with van der Waals surface area (Å²) >= 11 is 0. The number of carbonyl (C=O) groups excluding carboxylic acids is 1. The van der Waals surface area contributed by atoms with E-state index in [0.29, 0.717) is 6.42 Å². The highest BCUT2D eigenvalue weighted by Gasteiger charge is 2.21. The number of hydrogen-bond acceptors (Lipinski definition) is 2. The monoisotopic (exact) mass is 281 g/mol. The highest BCUT2D eigenvalue weighted by molar-refractivity contribution is 5.56. The van der Waals surface area contributed by atoms with E-state index < -0.39 is 0 Å². The summed E-state index contributed by atoms with van der Waals surface area (Å²) in [4.78, 5) is 14.6. The molecule has 0 saturated heterocycles. The van der Waals surface area contributed by atoms with Gasteiger partial charge in [-0.25, -0.2) is 0 Å². The number of rotatable bonds is 5. The number of fused-ring (bicyclic) bond motifs is 1. The first-order valence-corrected chi connectivity index (χ1v) is 7.25. The van der Waals surface area contributed by atoms with Crippen molar-refractivity contribution in [2.24, 2.45) is 0 Å². The number of allylic oxidation sites excluding steroid dienone is 2. The Morgan fingerprint density at radius 2 is 2.10 bits per heavy atom. The summed E-state index contributed by atoms with van der Waals surface area (Å²) in [6.07, 6.45) is 7.71. The summed E-state index contributed by atoms with van der Waals surface area (Å²) in [5.41, 5.74) is 4.75. The van der Waals surface area contributed by atoms with Crippen LogP contribution in [0, 0.1) is 0 Å². The number of H-pyrrole nitrogens is 1. The third-order valence-corrected chi connectivity index (χ3v) is 4.06. The van der Waals surface area contributed by atoms with Crippen LogP contribution in [0.25, 0.3) is 0 Å². The number of aromatic amines is 1. The Morgan fingerprint density at radius 1 is 1.29 bits per heavy atom. The normalized spacial score (nSPS) is 14.5. The van der Waals surface area contributed by atoms with Crippen LogP contribution < -0.4 is 4.74 Å². The molecule has 1 aliphatic rings. The Balaban J connectivity index is 2.01. The summed E-state index contributed by atoms with van der Waals surface area (Å²) < 4.78 is 5.45. The first kappa shape index (κ1) is 13.7. The average molecular weight is 281 g/mol. The molecule has 0 amide bonds. The number of aldehydes is 1. The van der Waals surface area contributed by atoms with E-state index in [4.69, 9.17) is 4.74 Å². The molecule has 0 unspecified atom stereocenters. The van der Waals surface area contributed by atoms with Crippen LogP contribution >= 0.6 is 0 Å². The maximum Gasteiger partial charge on any atom is 0.122 e. The molecule has 3 nitrogen and oxygen atoms in total. The molecule has 0 fully saturated rings. The molecule has 3 heteroatoms. The van der Waals surface area contributed by atoms with Crippen molar-refractivity contribution < 1.29 is 9.53 Å². The van der Waals surface area contributed by atoms with Crippen molar-refractivity contribution in [1.82, 2.24) is 4.98 Å². The molecule has 0 bridgehead atoms. The van der Waals surface area contributed by atoms with Gasteiger partial charge in [0.25, 0.3) is 0 Å². The highest BCUT2D eigenvalue weighted by Crippen LogP contribution is 2.34. The Morgan fingerprint density at radius 3 is 2.86 bits per heavy atom. The summed E-state index contributed by atoms with van der Waals surface area (Å²) in [7, 11) is 1.67. The second kappa shape index (κ2) is 6.00. The predicted molar refractivity (Wildman–Crippen MR) is 82.9 cm³/mol. The second-order valence-electron chi connectivity index (χ2n) is 5.31. The zero-order valence-corrected chi connectivity index (χ0v) is 12.1. The van der Waals surface area contributed by atoms with Gasteiger partial charge < -0.3 is 14.5 Å². The van der Waals surface area contributed by atoms with Crippen molar-refractivity contribution >= 4 is 6.29 Å². The molecule has 1 heterocycles. The summed E-state index contributed by atoms with van der Waals surface area (Å²) in [6.45, 7) is 0. The molecule has 3 rings (SSSR count). The van der Waals surface area contributed by atoms with Gasteiger partial charge in [0, 0.05) is 35.7 Å². The zero-order valence-electron chi connectivity index (χ0n) is 12.1. The van der Waals surface area contributed by atoms with Crippen molar-refractivity contribution in [2.45, 2.75) is 25.2 Å². The first-order chi connectivity index (χ1) is 10.3. The molecule has 0 aliphatic heterocycles. The van der Waals surface area contributed by atoms with E-state index in [2.05, 4.69) is 23.2 Å². The van der Waals surface area contributed by atoms with Gasteiger partial charge in [-0.15, -0.1) is 0 Å². The van der Waals surface area contributed by atoms with Crippen molar-refractivity contribution in [3.8, 4) is 5.75 Å². The number of methoxy groups -OCH3 is 1. The van der Waals surface area contributed by atoms with Crippen LogP contribution in [0.5, 0.6) is 5.75 Å². The molecule has 0 saturated carbocycles.